The lowest BCUT2D eigenvalue weighted by atomic mass is 9.95. The largest absolute Gasteiger partial charge is 0.352 e. The van der Waals surface area contributed by atoms with Crippen molar-refractivity contribution in [2.75, 3.05) is 17.1 Å². The summed E-state index contributed by atoms with van der Waals surface area (Å²) in [5.74, 6) is -1.03. The molecule has 2 aromatic carbocycles. The number of halogens is 1. The summed E-state index contributed by atoms with van der Waals surface area (Å²) in [6.45, 7) is 2.72. The van der Waals surface area contributed by atoms with Gasteiger partial charge in [-0.05, 0) is 49.9 Å². The van der Waals surface area contributed by atoms with Crippen LogP contribution < -0.4 is 9.62 Å². The van der Waals surface area contributed by atoms with E-state index in [0.29, 0.717) is 22.6 Å². The van der Waals surface area contributed by atoms with Crippen LogP contribution in [0.5, 0.6) is 0 Å². The van der Waals surface area contributed by atoms with Crippen molar-refractivity contribution >= 4 is 44.9 Å². The highest BCUT2D eigenvalue weighted by atomic mass is 35.5. The number of carbonyl (C=O) groups is 3. The third-order valence-electron chi connectivity index (χ3n) is 6.86. The van der Waals surface area contributed by atoms with Crippen LogP contribution in [0.25, 0.3) is 0 Å². The number of nitrogens with zero attached hydrogens (tertiary/aromatic N) is 2. The van der Waals surface area contributed by atoms with Gasteiger partial charge in [-0.1, -0.05) is 68.1 Å². The van der Waals surface area contributed by atoms with Crippen LogP contribution in [0.2, 0.25) is 5.02 Å². The summed E-state index contributed by atoms with van der Waals surface area (Å²) >= 11 is 6.40. The van der Waals surface area contributed by atoms with E-state index in [4.69, 9.17) is 11.6 Å². The van der Waals surface area contributed by atoms with Crippen LogP contribution in [-0.2, 0) is 26.2 Å². The predicted octanol–water partition coefficient (Wildman–Crippen LogP) is 4.56. The highest BCUT2D eigenvalue weighted by Crippen LogP contribution is 2.24. The zero-order valence-electron chi connectivity index (χ0n) is 22.2. The van der Waals surface area contributed by atoms with E-state index in [2.05, 4.69) is 5.32 Å². The zero-order valence-corrected chi connectivity index (χ0v) is 23.7. The van der Waals surface area contributed by atoms with Crippen molar-refractivity contribution in [3.63, 3.8) is 0 Å². The van der Waals surface area contributed by atoms with Gasteiger partial charge in [-0.2, -0.15) is 0 Å². The zero-order chi connectivity index (χ0) is 27.9. The number of nitrogens with one attached hydrogen (secondary N) is 1. The average Bonchev–Trinajstić information content (AvgIpc) is 2.88. The van der Waals surface area contributed by atoms with Crippen LogP contribution in [0.1, 0.15) is 68.3 Å². The van der Waals surface area contributed by atoms with E-state index >= 15 is 0 Å². The van der Waals surface area contributed by atoms with Crippen molar-refractivity contribution in [2.24, 2.45) is 0 Å². The molecule has 0 aliphatic heterocycles. The van der Waals surface area contributed by atoms with Crippen molar-refractivity contribution in [3.8, 4) is 0 Å². The molecular weight excluding hydrogens is 526 g/mol. The minimum atomic E-state index is -3.90. The number of carbonyl (C=O) groups excluding carboxylic acids is 3. The molecule has 206 valence electrons. The molecule has 0 saturated heterocycles. The summed E-state index contributed by atoms with van der Waals surface area (Å²) in [5.41, 5.74) is 1.18. The van der Waals surface area contributed by atoms with E-state index < -0.39 is 28.5 Å². The van der Waals surface area contributed by atoms with Crippen molar-refractivity contribution in [2.45, 2.75) is 71.0 Å². The SMILES string of the molecule is CC[C@H](C(=O)NC1CCCCC1)N(Cc1ccccc1Cl)C(=O)CN(c1cccc(C(C)=O)c1)S(C)(=O)=O. The van der Waals surface area contributed by atoms with Gasteiger partial charge in [0.25, 0.3) is 0 Å². The Kier molecular flexibility index (Phi) is 10.3. The third-order valence-corrected chi connectivity index (χ3v) is 8.37. The molecule has 1 aliphatic carbocycles. The number of Topliss-reactive ketones (excluding diaryl/α,β-unsaturated/α-hetero) is 1. The van der Waals surface area contributed by atoms with E-state index in [1.54, 1.807) is 36.4 Å². The van der Waals surface area contributed by atoms with E-state index in [0.717, 1.165) is 42.7 Å². The number of benzene rings is 2. The lowest BCUT2D eigenvalue weighted by Gasteiger charge is -2.34. The summed E-state index contributed by atoms with van der Waals surface area (Å²) < 4.78 is 26.5. The molecule has 2 amide bonds. The fourth-order valence-electron chi connectivity index (χ4n) is 4.77. The maximum absolute atomic E-state index is 13.8. The Morgan fingerprint density at radius 3 is 2.34 bits per heavy atom. The van der Waals surface area contributed by atoms with Gasteiger partial charge in [0.2, 0.25) is 21.8 Å². The minimum Gasteiger partial charge on any atom is -0.352 e. The number of amides is 2. The van der Waals surface area contributed by atoms with Gasteiger partial charge in [-0.3, -0.25) is 18.7 Å². The van der Waals surface area contributed by atoms with Gasteiger partial charge in [0.05, 0.1) is 11.9 Å². The summed E-state index contributed by atoms with van der Waals surface area (Å²) in [4.78, 5) is 40.6. The van der Waals surface area contributed by atoms with Gasteiger partial charge in [-0.25, -0.2) is 8.42 Å². The molecule has 8 nitrogen and oxygen atoms in total. The monoisotopic (exact) mass is 561 g/mol. The van der Waals surface area contributed by atoms with Gasteiger partial charge < -0.3 is 10.2 Å². The van der Waals surface area contributed by atoms with Crippen LogP contribution in [0.4, 0.5) is 5.69 Å². The van der Waals surface area contributed by atoms with Crippen LogP contribution in [0, 0.1) is 0 Å². The van der Waals surface area contributed by atoms with E-state index in [1.165, 1.54) is 24.0 Å². The van der Waals surface area contributed by atoms with Gasteiger partial charge in [0.1, 0.15) is 12.6 Å². The third kappa shape index (κ3) is 7.80. The lowest BCUT2D eigenvalue weighted by Crippen LogP contribution is -2.54. The molecule has 0 spiro atoms. The Hall–Kier alpha value is -2.91. The molecule has 2 aromatic rings. The molecular formula is C28H36ClN3O5S. The average molecular weight is 562 g/mol. The summed E-state index contributed by atoms with van der Waals surface area (Å²) in [7, 11) is -3.90. The highest BCUT2D eigenvalue weighted by molar-refractivity contribution is 7.92. The highest BCUT2D eigenvalue weighted by Gasteiger charge is 2.33. The first-order valence-corrected chi connectivity index (χ1v) is 15.2. The molecule has 0 radical (unpaired) electrons. The topological polar surface area (TPSA) is 104 Å². The molecule has 10 heteroatoms. The molecule has 1 atom stereocenters. The Bertz CT molecular complexity index is 1260. The molecule has 1 aliphatic rings. The standard InChI is InChI=1S/C28H36ClN3O5S/c1-4-26(28(35)30-23-13-6-5-7-14-23)31(18-22-11-8-9-16-25(22)29)27(34)19-32(38(3,36)37)24-15-10-12-21(17-24)20(2)33/h8-12,15-17,23,26H,4-7,13-14,18-19H2,1-3H3,(H,30,35)/t26-/m1/s1. The number of sulfonamides is 1. The fraction of sp³-hybridized carbons (Fsp3) is 0.464. The number of rotatable bonds is 11. The van der Waals surface area contributed by atoms with Crippen molar-refractivity contribution in [1.29, 1.82) is 0 Å². The summed E-state index contributed by atoms with van der Waals surface area (Å²) in [6, 6.07) is 12.4. The second-order valence-corrected chi connectivity index (χ2v) is 12.1. The van der Waals surface area contributed by atoms with Crippen LogP contribution in [-0.4, -0.2) is 55.8 Å². The van der Waals surface area contributed by atoms with Gasteiger partial charge in [0.15, 0.2) is 5.78 Å². The number of anilines is 1. The van der Waals surface area contributed by atoms with Crippen molar-refractivity contribution in [1.82, 2.24) is 10.2 Å². The first-order chi connectivity index (χ1) is 18.0. The smallest absolute Gasteiger partial charge is 0.244 e. The molecule has 0 aromatic heterocycles. The van der Waals surface area contributed by atoms with Gasteiger partial charge in [-0.15, -0.1) is 0 Å². The fourth-order valence-corrected chi connectivity index (χ4v) is 5.80. The summed E-state index contributed by atoms with van der Waals surface area (Å²) in [6.07, 6.45) is 6.38. The second-order valence-electron chi connectivity index (χ2n) is 9.76. The Morgan fingerprint density at radius 2 is 1.74 bits per heavy atom. The maximum atomic E-state index is 13.8. The molecule has 3 rings (SSSR count). The minimum absolute atomic E-state index is 0.0419. The van der Waals surface area contributed by atoms with Crippen LogP contribution >= 0.6 is 11.6 Å². The molecule has 1 fully saturated rings. The molecule has 0 heterocycles. The quantitative estimate of drug-likeness (QED) is 0.405. The van der Waals surface area contributed by atoms with E-state index in [9.17, 15) is 22.8 Å². The molecule has 1 saturated carbocycles. The first-order valence-electron chi connectivity index (χ1n) is 12.9. The summed E-state index contributed by atoms with van der Waals surface area (Å²) in [5, 5.41) is 3.55. The first kappa shape index (κ1) is 29.6. The van der Waals surface area contributed by atoms with Crippen molar-refractivity contribution in [3.05, 3.63) is 64.7 Å². The number of hydrogen-bond donors (Lipinski definition) is 1. The Balaban J connectivity index is 1.95. The normalized spacial score (nSPS) is 14.9. The predicted molar refractivity (Wildman–Crippen MR) is 150 cm³/mol. The van der Waals surface area contributed by atoms with Gasteiger partial charge in [0, 0.05) is 23.2 Å². The van der Waals surface area contributed by atoms with Gasteiger partial charge >= 0.3 is 0 Å². The second kappa shape index (κ2) is 13.2. The van der Waals surface area contributed by atoms with Crippen molar-refractivity contribution < 1.29 is 22.8 Å². The van der Waals surface area contributed by atoms with E-state index in [1.807, 2.05) is 6.92 Å². The van der Waals surface area contributed by atoms with E-state index in [-0.39, 0.29) is 30.0 Å². The van der Waals surface area contributed by atoms with Crippen LogP contribution in [0.15, 0.2) is 48.5 Å². The molecule has 0 bridgehead atoms. The number of hydrogen-bond acceptors (Lipinski definition) is 5. The Morgan fingerprint density at radius 1 is 1.05 bits per heavy atom. The van der Waals surface area contributed by atoms with Crippen LogP contribution in [0.3, 0.4) is 0 Å². The molecule has 0 unspecified atom stereocenters. The maximum Gasteiger partial charge on any atom is 0.244 e. The molecule has 38 heavy (non-hydrogen) atoms. The Labute approximate surface area is 230 Å². The lowest BCUT2D eigenvalue weighted by molar-refractivity contribution is -0.140. The number of ketones is 1. The molecule has 1 N–H and O–H groups in total.